The van der Waals surface area contributed by atoms with Crippen LogP contribution in [0.1, 0.15) is 26.7 Å². The molecule has 1 aliphatic heterocycles. The summed E-state index contributed by atoms with van der Waals surface area (Å²) in [4.78, 5) is 4.15. The van der Waals surface area contributed by atoms with E-state index >= 15 is 0 Å². The number of nitrogens with one attached hydrogen (secondary N) is 1. The molecule has 0 saturated carbocycles. The Morgan fingerprint density at radius 1 is 0.769 bits per heavy atom. The lowest BCUT2D eigenvalue weighted by Crippen LogP contribution is -3.11. The summed E-state index contributed by atoms with van der Waals surface area (Å²) in [6.07, 6.45) is 8.42. The van der Waals surface area contributed by atoms with Gasteiger partial charge in [0.05, 0.1) is 12.2 Å². The van der Waals surface area contributed by atoms with E-state index in [1.54, 1.807) is 0 Å². The molecule has 196 valence electrons. The lowest BCUT2D eigenvalue weighted by molar-refractivity contribution is -0.853. The maximum atomic E-state index is 9.95. The van der Waals surface area contributed by atoms with E-state index < -0.39 is 0 Å². The molecule has 0 fully saturated rings. The second-order valence-electron chi connectivity index (χ2n) is 10.8. The average molecular weight is 514 g/mol. The highest BCUT2D eigenvalue weighted by Crippen LogP contribution is 2.46. The number of para-hydroxylation sites is 3. The Balaban J connectivity index is 1.47. The summed E-state index contributed by atoms with van der Waals surface area (Å²) in [6, 6.07) is 37.3. The summed E-state index contributed by atoms with van der Waals surface area (Å²) in [5.74, 6) is 1.16. The lowest BCUT2D eigenvalue weighted by Gasteiger charge is -2.32. The van der Waals surface area contributed by atoms with Crippen molar-refractivity contribution in [3.63, 3.8) is 0 Å². The molecule has 0 bridgehead atoms. The molecular formula is C36H37N2O+. The molecule has 0 saturated heterocycles. The fraction of sp³-hybridized carbons (Fsp3) is 0.222. The van der Waals surface area contributed by atoms with Crippen molar-refractivity contribution in [3.05, 3.63) is 127 Å². The number of aliphatic hydroxyl groups is 1. The van der Waals surface area contributed by atoms with Gasteiger partial charge in [0.15, 0.2) is 11.9 Å². The fourth-order valence-electron chi connectivity index (χ4n) is 6.50. The molecule has 0 radical (unpaired) electrons. The van der Waals surface area contributed by atoms with Gasteiger partial charge in [-0.3, -0.25) is 9.80 Å². The van der Waals surface area contributed by atoms with E-state index in [-0.39, 0.29) is 6.17 Å². The number of nitrogens with zero attached hydrogens (tertiary/aromatic N) is 1. The van der Waals surface area contributed by atoms with E-state index in [4.69, 9.17) is 0 Å². The monoisotopic (exact) mass is 513 g/mol. The Kier molecular flexibility index (Phi) is 7.08. The molecule has 2 N–H and O–H groups in total. The normalized spacial score (nSPS) is 22.0. The van der Waals surface area contributed by atoms with E-state index in [1.165, 1.54) is 44.2 Å². The van der Waals surface area contributed by atoms with Gasteiger partial charge in [0.1, 0.15) is 11.4 Å². The maximum absolute atomic E-state index is 9.95. The summed E-state index contributed by atoms with van der Waals surface area (Å²) >= 11 is 0. The van der Waals surface area contributed by atoms with E-state index in [9.17, 15) is 5.11 Å². The molecule has 4 aromatic rings. The number of hydrogen-bond donors (Lipinski definition) is 2. The lowest BCUT2D eigenvalue weighted by atomic mass is 9.86. The van der Waals surface area contributed by atoms with Crippen LogP contribution in [0.4, 0.5) is 17.1 Å². The molecule has 0 spiro atoms. The third kappa shape index (κ3) is 4.79. The van der Waals surface area contributed by atoms with Gasteiger partial charge < -0.3 is 5.11 Å². The third-order valence-electron chi connectivity index (χ3n) is 8.43. The molecule has 2 aliphatic rings. The minimum atomic E-state index is 0.279. The first-order valence-corrected chi connectivity index (χ1v) is 14.2. The molecule has 4 unspecified atom stereocenters. The van der Waals surface area contributed by atoms with Crippen LogP contribution < -0.4 is 9.80 Å². The highest BCUT2D eigenvalue weighted by Gasteiger charge is 2.42. The maximum Gasteiger partial charge on any atom is 0.172 e. The number of hydrogen-bond acceptors (Lipinski definition) is 2. The summed E-state index contributed by atoms with van der Waals surface area (Å²) in [6.45, 7) is 5.57. The van der Waals surface area contributed by atoms with Crippen LogP contribution in [0, 0.1) is 11.8 Å². The van der Waals surface area contributed by atoms with E-state index in [2.05, 4.69) is 128 Å². The topological polar surface area (TPSA) is 27.9 Å². The van der Waals surface area contributed by atoms with Crippen LogP contribution in [0.15, 0.2) is 127 Å². The molecule has 1 aliphatic carbocycles. The van der Waals surface area contributed by atoms with Crippen molar-refractivity contribution in [2.45, 2.75) is 32.9 Å². The predicted molar refractivity (Wildman–Crippen MR) is 163 cm³/mol. The standard InChI is InChI=1S/C36H36N2O/c1-3-35-37(24-23-27-21-22-30(39)25-26(27)2)33-19-10-11-20-34(33)38(35)36-31(28-13-6-4-7-14-28)17-12-18-32(36)29-15-8-5-9-16-29/h4-22,25-27,35,39H,3,23-24H2,1-2H3/p+1. The van der Waals surface area contributed by atoms with Crippen LogP contribution in [0.5, 0.6) is 0 Å². The molecule has 4 atom stereocenters. The van der Waals surface area contributed by atoms with Gasteiger partial charge >= 0.3 is 0 Å². The number of benzene rings is 4. The summed E-state index contributed by atoms with van der Waals surface area (Å²) in [5, 5.41) is 9.95. The number of quaternary nitrogens is 1. The van der Waals surface area contributed by atoms with Gasteiger partial charge in [-0.2, -0.15) is 0 Å². The molecule has 1 heterocycles. The molecule has 0 amide bonds. The first-order valence-electron chi connectivity index (χ1n) is 14.2. The number of allylic oxidation sites excluding steroid dienone is 3. The van der Waals surface area contributed by atoms with Crippen molar-refractivity contribution in [3.8, 4) is 22.3 Å². The van der Waals surface area contributed by atoms with Gasteiger partial charge in [-0.15, -0.1) is 0 Å². The van der Waals surface area contributed by atoms with Crippen LogP contribution in [-0.4, -0.2) is 17.8 Å². The Morgan fingerprint density at radius 2 is 1.38 bits per heavy atom. The zero-order valence-corrected chi connectivity index (χ0v) is 22.8. The largest absolute Gasteiger partial charge is 0.508 e. The molecule has 0 aromatic heterocycles. The highest BCUT2D eigenvalue weighted by atomic mass is 16.3. The van der Waals surface area contributed by atoms with E-state index in [1.807, 2.05) is 12.2 Å². The molecule has 39 heavy (non-hydrogen) atoms. The zero-order chi connectivity index (χ0) is 26.8. The number of rotatable bonds is 7. The van der Waals surface area contributed by atoms with Crippen molar-refractivity contribution >= 4 is 17.1 Å². The first-order chi connectivity index (χ1) is 19.2. The predicted octanol–water partition coefficient (Wildman–Crippen LogP) is 8.08. The Bertz CT molecular complexity index is 1430. The Morgan fingerprint density at radius 3 is 2.00 bits per heavy atom. The third-order valence-corrected chi connectivity index (χ3v) is 8.43. The van der Waals surface area contributed by atoms with Crippen LogP contribution in [0.2, 0.25) is 0 Å². The minimum Gasteiger partial charge on any atom is -0.508 e. The van der Waals surface area contributed by atoms with Crippen molar-refractivity contribution in [2.24, 2.45) is 11.8 Å². The summed E-state index contributed by atoms with van der Waals surface area (Å²) in [5.41, 5.74) is 8.94. The number of fused-ring (bicyclic) bond motifs is 1. The van der Waals surface area contributed by atoms with Crippen molar-refractivity contribution in [1.82, 2.24) is 0 Å². The van der Waals surface area contributed by atoms with Gasteiger partial charge in [-0.1, -0.05) is 111 Å². The van der Waals surface area contributed by atoms with Gasteiger partial charge in [-0.05, 0) is 41.2 Å². The van der Waals surface area contributed by atoms with Gasteiger partial charge in [0.25, 0.3) is 0 Å². The van der Waals surface area contributed by atoms with Gasteiger partial charge in [0.2, 0.25) is 0 Å². The van der Waals surface area contributed by atoms with Crippen LogP contribution >= 0.6 is 0 Å². The van der Waals surface area contributed by atoms with Crippen LogP contribution in [0.3, 0.4) is 0 Å². The number of aliphatic hydroxyl groups excluding tert-OH is 1. The summed E-state index contributed by atoms with van der Waals surface area (Å²) < 4.78 is 0. The SMILES string of the molecule is CCC1N(c2c(-c3ccccc3)cccc2-c2ccccc2)c2ccccc2[NH+]1CCC1C=CC(O)=CC1C. The van der Waals surface area contributed by atoms with E-state index in [0.717, 1.165) is 19.4 Å². The highest BCUT2D eigenvalue weighted by molar-refractivity contribution is 5.95. The van der Waals surface area contributed by atoms with E-state index in [0.29, 0.717) is 17.6 Å². The smallest absolute Gasteiger partial charge is 0.172 e. The molecule has 3 nitrogen and oxygen atoms in total. The number of anilines is 2. The second kappa shape index (κ2) is 11.0. The Hall–Kier alpha value is -4.08. The zero-order valence-electron chi connectivity index (χ0n) is 22.8. The van der Waals surface area contributed by atoms with Crippen molar-refractivity contribution < 1.29 is 10.0 Å². The molecular weight excluding hydrogens is 476 g/mol. The first kappa shape index (κ1) is 25.2. The summed E-state index contributed by atoms with van der Waals surface area (Å²) in [7, 11) is 0. The molecule has 6 rings (SSSR count). The second-order valence-corrected chi connectivity index (χ2v) is 10.8. The minimum absolute atomic E-state index is 0.279. The van der Waals surface area contributed by atoms with Gasteiger partial charge in [-0.25, -0.2) is 0 Å². The van der Waals surface area contributed by atoms with Crippen molar-refractivity contribution in [1.29, 1.82) is 0 Å². The van der Waals surface area contributed by atoms with Crippen molar-refractivity contribution in [2.75, 3.05) is 11.4 Å². The fourth-order valence-corrected chi connectivity index (χ4v) is 6.50. The molecule has 3 heteroatoms. The molecule has 4 aromatic carbocycles. The van der Waals surface area contributed by atoms with Crippen LogP contribution in [0.25, 0.3) is 22.3 Å². The van der Waals surface area contributed by atoms with Crippen LogP contribution in [-0.2, 0) is 0 Å². The quantitative estimate of drug-likeness (QED) is 0.261. The van der Waals surface area contributed by atoms with Gasteiger partial charge in [0, 0.05) is 30.0 Å². The average Bonchev–Trinajstić information content (AvgIpc) is 3.30. The Labute approximate surface area is 232 Å².